The molecule has 0 aliphatic heterocycles. The van der Waals surface area contributed by atoms with Crippen LogP contribution >= 0.6 is 11.6 Å². The summed E-state index contributed by atoms with van der Waals surface area (Å²) in [5.74, 6) is 0.865. The first-order chi connectivity index (χ1) is 15.8. The van der Waals surface area contributed by atoms with Crippen molar-refractivity contribution in [3.8, 4) is 11.5 Å². The summed E-state index contributed by atoms with van der Waals surface area (Å²) in [6.45, 7) is 2.32. The quantitative estimate of drug-likeness (QED) is 0.375. The zero-order chi connectivity index (χ0) is 23.6. The molecule has 172 valence electrons. The first kappa shape index (κ1) is 23.1. The summed E-state index contributed by atoms with van der Waals surface area (Å²) in [6.07, 6.45) is 3.58. The molecule has 33 heavy (non-hydrogen) atoms. The molecule has 2 aromatic heterocycles. The van der Waals surface area contributed by atoms with Crippen molar-refractivity contribution in [1.82, 2.24) is 9.97 Å². The van der Waals surface area contributed by atoms with Gasteiger partial charge in [0.2, 0.25) is 0 Å². The Hall–Kier alpha value is -3.07. The lowest BCUT2D eigenvalue weighted by molar-refractivity contribution is 0.208. The molecule has 4 rings (SSSR count). The van der Waals surface area contributed by atoms with Gasteiger partial charge in [-0.25, -0.2) is 13.4 Å². The Kier molecular flexibility index (Phi) is 6.60. The third kappa shape index (κ3) is 4.83. The van der Waals surface area contributed by atoms with Crippen molar-refractivity contribution >= 4 is 32.5 Å². The van der Waals surface area contributed by atoms with Gasteiger partial charge in [-0.15, -0.1) is 0 Å². The number of ether oxygens (including phenoxy) is 2. The maximum Gasteiger partial charge on any atom is 0.175 e. The number of aromatic nitrogens is 2. The molecule has 2 aromatic carbocycles. The molecule has 2 heterocycles. The summed E-state index contributed by atoms with van der Waals surface area (Å²) in [7, 11) is -3.36. The molecule has 7 nitrogen and oxygen atoms in total. The van der Waals surface area contributed by atoms with Crippen LogP contribution in [0.3, 0.4) is 0 Å². The monoisotopic (exact) mass is 486 g/mol. The van der Waals surface area contributed by atoms with Crippen LogP contribution in [0.25, 0.3) is 11.0 Å². The maximum atomic E-state index is 11.7. The number of hydrogen-bond donors (Lipinski definition) is 2. The average Bonchev–Trinajstić information content (AvgIpc) is 3.22. The molecule has 1 unspecified atom stereocenters. The second kappa shape index (κ2) is 9.43. The average molecular weight is 487 g/mol. The van der Waals surface area contributed by atoms with Gasteiger partial charge in [0, 0.05) is 45.7 Å². The van der Waals surface area contributed by atoms with Gasteiger partial charge >= 0.3 is 0 Å². The second-order valence-electron chi connectivity index (χ2n) is 7.47. The lowest BCUT2D eigenvalue weighted by atomic mass is 10.0. The highest BCUT2D eigenvalue weighted by atomic mass is 35.5. The van der Waals surface area contributed by atoms with Crippen molar-refractivity contribution in [2.24, 2.45) is 0 Å². The summed E-state index contributed by atoms with van der Waals surface area (Å²) >= 11 is 6.28. The number of sulfone groups is 1. The van der Waals surface area contributed by atoms with E-state index in [-0.39, 0.29) is 11.5 Å². The van der Waals surface area contributed by atoms with E-state index in [9.17, 15) is 13.5 Å². The molecule has 0 spiro atoms. The Morgan fingerprint density at radius 2 is 1.94 bits per heavy atom. The highest BCUT2D eigenvalue weighted by molar-refractivity contribution is 7.90. The molecule has 0 aliphatic rings. The normalized spacial score (nSPS) is 12.6. The van der Waals surface area contributed by atoms with Gasteiger partial charge in [-0.2, -0.15) is 0 Å². The van der Waals surface area contributed by atoms with Crippen molar-refractivity contribution in [2.45, 2.75) is 24.5 Å². The van der Waals surface area contributed by atoms with E-state index in [4.69, 9.17) is 21.1 Å². The molecule has 0 saturated carbocycles. The van der Waals surface area contributed by atoms with Gasteiger partial charge in [0.05, 0.1) is 11.5 Å². The molecule has 0 fully saturated rings. The number of aromatic amines is 1. The van der Waals surface area contributed by atoms with E-state index in [0.717, 1.165) is 11.6 Å². The number of nitrogens with one attached hydrogen (secondary N) is 1. The number of rotatable bonds is 8. The Morgan fingerprint density at radius 1 is 1.12 bits per heavy atom. The fourth-order valence-electron chi connectivity index (χ4n) is 3.56. The first-order valence-corrected chi connectivity index (χ1v) is 12.5. The molecule has 0 aliphatic carbocycles. The van der Waals surface area contributed by atoms with Crippen LogP contribution in [0.5, 0.6) is 11.5 Å². The maximum absolute atomic E-state index is 11.7. The van der Waals surface area contributed by atoms with Gasteiger partial charge in [-0.05, 0) is 37.3 Å². The Morgan fingerprint density at radius 3 is 2.67 bits per heavy atom. The lowest BCUT2D eigenvalue weighted by Crippen LogP contribution is -2.07. The van der Waals surface area contributed by atoms with Crippen molar-refractivity contribution in [2.75, 3.05) is 12.9 Å². The summed E-state index contributed by atoms with van der Waals surface area (Å²) < 4.78 is 35.3. The molecule has 0 radical (unpaired) electrons. The number of benzene rings is 2. The van der Waals surface area contributed by atoms with Crippen LogP contribution in [0.4, 0.5) is 0 Å². The highest BCUT2D eigenvalue weighted by Crippen LogP contribution is 2.39. The number of para-hydroxylation sites is 1. The number of aliphatic hydroxyl groups is 1. The topological polar surface area (TPSA) is 102 Å². The fourth-order valence-corrected chi connectivity index (χ4v) is 4.51. The molecule has 1 atom stereocenters. The summed E-state index contributed by atoms with van der Waals surface area (Å²) in [6, 6.07) is 13.5. The van der Waals surface area contributed by atoms with Crippen LogP contribution in [0.15, 0.2) is 65.8 Å². The van der Waals surface area contributed by atoms with Gasteiger partial charge in [0.1, 0.15) is 18.4 Å². The van der Waals surface area contributed by atoms with E-state index in [2.05, 4.69) is 9.97 Å². The third-order valence-corrected chi connectivity index (χ3v) is 6.67. The van der Waals surface area contributed by atoms with E-state index in [1.807, 2.05) is 19.1 Å². The Bertz CT molecular complexity index is 1400. The number of pyridine rings is 1. The Balaban J connectivity index is 1.64. The van der Waals surface area contributed by atoms with Crippen molar-refractivity contribution in [3.63, 3.8) is 0 Å². The standard InChI is InChI=1S/C24H23ClN2O5S/c1-3-31-23-18(22(28)19-13-27-24-17(19)7-5-11-26-24)6-4-8-21(23)32-14-15-9-10-16(12-20(15)25)33(2,29)30/h4-13,22,28H,3,14H2,1-2H3,(H,26,27). The summed E-state index contributed by atoms with van der Waals surface area (Å²) in [5.41, 5.74) is 2.54. The molecule has 0 saturated heterocycles. The molecular weight excluding hydrogens is 464 g/mol. The van der Waals surface area contributed by atoms with Crippen molar-refractivity contribution in [3.05, 3.63) is 82.6 Å². The van der Waals surface area contributed by atoms with Crippen molar-refractivity contribution < 1.29 is 23.0 Å². The smallest absolute Gasteiger partial charge is 0.175 e. The predicted octanol–water partition coefficient (Wildman–Crippen LogP) is 4.68. The third-order valence-electron chi connectivity index (χ3n) is 5.21. The van der Waals surface area contributed by atoms with Crippen LogP contribution in [-0.4, -0.2) is 36.4 Å². The lowest BCUT2D eigenvalue weighted by Gasteiger charge is -2.19. The number of nitrogens with zero attached hydrogens (tertiary/aromatic N) is 1. The minimum Gasteiger partial charge on any atom is -0.490 e. The second-order valence-corrected chi connectivity index (χ2v) is 9.89. The molecular formula is C24H23ClN2O5S. The van der Waals surface area contributed by atoms with Crippen LogP contribution in [0.2, 0.25) is 5.02 Å². The highest BCUT2D eigenvalue weighted by Gasteiger charge is 2.22. The molecule has 9 heteroatoms. The number of hydrogen-bond acceptors (Lipinski definition) is 6. The minimum absolute atomic E-state index is 0.0967. The van der Waals surface area contributed by atoms with Crippen LogP contribution in [0.1, 0.15) is 29.7 Å². The SMILES string of the molecule is CCOc1c(OCc2ccc(S(C)(=O)=O)cc2Cl)cccc1C(O)c1c[nH]c2ncccc12. The van der Waals surface area contributed by atoms with Crippen LogP contribution in [-0.2, 0) is 16.4 Å². The zero-order valence-electron chi connectivity index (χ0n) is 18.1. The van der Waals surface area contributed by atoms with Gasteiger partial charge in [-0.1, -0.05) is 29.8 Å². The summed E-state index contributed by atoms with van der Waals surface area (Å²) in [5, 5.41) is 12.3. The van der Waals surface area contributed by atoms with Gasteiger partial charge in [0.15, 0.2) is 21.3 Å². The number of H-pyrrole nitrogens is 1. The van der Waals surface area contributed by atoms with E-state index in [1.54, 1.807) is 36.7 Å². The van der Waals surface area contributed by atoms with E-state index in [1.165, 1.54) is 12.1 Å². The largest absolute Gasteiger partial charge is 0.490 e. The van der Waals surface area contributed by atoms with Crippen molar-refractivity contribution in [1.29, 1.82) is 0 Å². The number of aliphatic hydroxyl groups excluding tert-OH is 1. The van der Waals surface area contributed by atoms with Crippen LogP contribution < -0.4 is 9.47 Å². The van der Waals surface area contributed by atoms with Crippen LogP contribution in [0, 0.1) is 0 Å². The first-order valence-electron chi connectivity index (χ1n) is 10.3. The van der Waals surface area contributed by atoms with E-state index >= 15 is 0 Å². The molecule has 2 N–H and O–H groups in total. The van der Waals surface area contributed by atoms with Gasteiger partial charge in [0.25, 0.3) is 0 Å². The Labute approximate surface area is 196 Å². The molecule has 0 amide bonds. The van der Waals surface area contributed by atoms with E-state index in [0.29, 0.717) is 45.5 Å². The molecule has 4 aromatic rings. The number of fused-ring (bicyclic) bond motifs is 1. The zero-order valence-corrected chi connectivity index (χ0v) is 19.7. The van der Waals surface area contributed by atoms with Gasteiger partial charge < -0.3 is 19.6 Å². The minimum atomic E-state index is -3.36. The summed E-state index contributed by atoms with van der Waals surface area (Å²) in [4.78, 5) is 7.49. The van der Waals surface area contributed by atoms with Gasteiger partial charge in [-0.3, -0.25) is 0 Å². The number of halogens is 1. The van der Waals surface area contributed by atoms with E-state index < -0.39 is 15.9 Å². The fraction of sp³-hybridized carbons (Fsp3) is 0.208. The predicted molar refractivity (Wildman–Crippen MR) is 127 cm³/mol. The molecule has 0 bridgehead atoms.